The lowest BCUT2D eigenvalue weighted by molar-refractivity contribution is -0.188. The van der Waals surface area contributed by atoms with Crippen LogP contribution in [-0.2, 0) is 49.9 Å². The summed E-state index contributed by atoms with van der Waals surface area (Å²) in [6, 6.07) is 11.1. The van der Waals surface area contributed by atoms with Crippen LogP contribution < -0.4 is 26.7 Å². The van der Waals surface area contributed by atoms with Crippen LogP contribution in [0.1, 0.15) is 172 Å². The minimum Gasteiger partial charge on any atom is -0.507 e. The smallest absolute Gasteiger partial charge is 0.252 e. The summed E-state index contributed by atoms with van der Waals surface area (Å²) < 4.78 is 12.3. The number of nitrogens with zero attached hydrogens (tertiary/aromatic N) is 3. The van der Waals surface area contributed by atoms with Crippen molar-refractivity contribution >= 4 is 59.7 Å². The van der Waals surface area contributed by atoms with Gasteiger partial charge in [-0.15, -0.1) is 24.8 Å². The van der Waals surface area contributed by atoms with Gasteiger partial charge in [-0.1, -0.05) is 33.1 Å². The molecule has 14 aliphatic rings. The number of hydrogen-bond acceptors (Lipinski definition) is 15. The maximum Gasteiger partial charge on any atom is 0.252 e. The van der Waals surface area contributed by atoms with E-state index < -0.39 is 57.1 Å². The quantitative estimate of drug-likeness (QED) is 0.159. The molecule has 0 radical (unpaired) electrons. The Morgan fingerprint density at radius 2 is 0.930 bits per heavy atom. The van der Waals surface area contributed by atoms with E-state index in [0.717, 1.165) is 98.5 Å². The second-order valence-electron chi connectivity index (χ2n) is 26.9. The fraction of sp³-hybridized carbons (Fsp3) is 0.641. The molecule has 6 saturated carbocycles. The fourth-order valence-corrected chi connectivity index (χ4v) is 18.8. The molecule has 3 saturated heterocycles. The van der Waals surface area contributed by atoms with Gasteiger partial charge in [0.05, 0.1) is 44.4 Å². The molecule has 0 aromatic heterocycles. The summed E-state index contributed by atoms with van der Waals surface area (Å²) in [4.78, 5) is 69.2. The van der Waals surface area contributed by atoms with E-state index in [9.17, 15) is 44.4 Å². The largest absolute Gasteiger partial charge is 0.507 e. The van der Waals surface area contributed by atoms with E-state index in [-0.39, 0.29) is 109 Å². The summed E-state index contributed by atoms with van der Waals surface area (Å²) in [6.45, 7) is 5.71. The number of likely N-dealkylation sites (tertiary alicyclic amines) is 3. The molecule has 5 aliphatic heterocycles. The Morgan fingerprint density at radius 3 is 1.40 bits per heavy atom. The Kier molecular flexibility index (Phi) is 17.8. The number of hydrogen-bond donors (Lipinski definition) is 7. The summed E-state index contributed by atoms with van der Waals surface area (Å²) in [5.74, 6) is 2.29. The van der Waals surface area contributed by atoms with Crippen LogP contribution in [0.15, 0.2) is 36.4 Å². The van der Waals surface area contributed by atoms with Crippen molar-refractivity contribution in [2.24, 2.45) is 29.2 Å². The molecule has 3 aromatic carbocycles. The predicted molar refractivity (Wildman–Crippen MR) is 327 cm³/mol. The van der Waals surface area contributed by atoms with Gasteiger partial charge in [0, 0.05) is 85.5 Å². The molecule has 11 atom stereocenters. The number of benzene rings is 3. The molecule has 6 bridgehead atoms. The van der Waals surface area contributed by atoms with Crippen molar-refractivity contribution in [1.82, 2.24) is 14.7 Å². The number of amides is 2. The van der Waals surface area contributed by atoms with Gasteiger partial charge in [0.25, 0.3) is 11.8 Å². The Labute approximate surface area is 515 Å². The van der Waals surface area contributed by atoms with Gasteiger partial charge in [0.15, 0.2) is 23.8 Å². The first kappa shape index (κ1) is 67.0. The third-order valence-electron chi connectivity index (χ3n) is 23.0. The topological polar surface area (TPSA) is 367 Å². The highest BCUT2D eigenvalue weighted by molar-refractivity contribution is 5.99. The van der Waals surface area contributed by atoms with Gasteiger partial charge >= 0.3 is 0 Å². The number of nitrogen functional groups attached to an aromatic ring is 1. The highest BCUT2D eigenvalue weighted by Gasteiger charge is 2.75. The molecule has 20 nitrogen and oxygen atoms in total. The van der Waals surface area contributed by atoms with Crippen LogP contribution in [0.4, 0.5) is 5.69 Å². The van der Waals surface area contributed by atoms with Crippen LogP contribution in [0.2, 0.25) is 0 Å². The molecule has 9 aliphatic carbocycles. The van der Waals surface area contributed by atoms with Crippen molar-refractivity contribution in [1.29, 1.82) is 0 Å². The van der Waals surface area contributed by atoms with Crippen molar-refractivity contribution < 1.29 is 70.3 Å². The number of nitrogens with two attached hydrogens (primary N) is 3. The lowest BCUT2D eigenvalue weighted by atomic mass is 9.49. The van der Waals surface area contributed by atoms with Crippen LogP contribution in [0.5, 0.6) is 17.2 Å². The first-order valence-electron chi connectivity index (χ1n) is 29.7. The number of aliphatic hydroxyl groups is 3. The predicted octanol–water partition coefficient (Wildman–Crippen LogP) is 3.22. The number of aromatic hydroxyl groups is 1. The number of rotatable bonds is 8. The Morgan fingerprint density at radius 1 is 0.535 bits per heavy atom. The third-order valence-corrected chi connectivity index (χ3v) is 23.0. The van der Waals surface area contributed by atoms with Gasteiger partial charge in [0.2, 0.25) is 0 Å². The summed E-state index contributed by atoms with van der Waals surface area (Å²) in [5, 5.41) is 47.0. The zero-order valence-corrected chi connectivity index (χ0v) is 48.9. The van der Waals surface area contributed by atoms with Crippen LogP contribution in [-0.4, -0.2) is 167 Å². The summed E-state index contributed by atoms with van der Waals surface area (Å²) in [5.41, 5.74) is 18.9. The molecule has 3 aromatic rings. The average Bonchev–Trinajstić information content (AvgIpc) is 1.45. The number of piperidine rings is 3. The lowest BCUT2D eigenvalue weighted by Crippen LogP contribution is -2.76. The molecule has 474 valence electrons. The van der Waals surface area contributed by atoms with Crippen LogP contribution in [0.3, 0.4) is 0 Å². The van der Waals surface area contributed by atoms with E-state index in [4.69, 9.17) is 26.7 Å². The monoisotopic (exact) mass is 1240 g/mol. The molecular weight excluding hydrogens is 1150 g/mol. The van der Waals surface area contributed by atoms with Crippen LogP contribution >= 0.6 is 24.8 Å². The minimum absolute atomic E-state index is 0. The maximum atomic E-state index is 12.8. The highest BCUT2D eigenvalue weighted by atomic mass is 35.5. The number of ketones is 3. The molecule has 17 rings (SSSR count). The van der Waals surface area contributed by atoms with Gasteiger partial charge in [-0.05, 0) is 169 Å². The Balaban J connectivity index is 0.000000161. The van der Waals surface area contributed by atoms with E-state index in [1.165, 1.54) is 44.1 Å². The number of Topliss-reactive ketones (excluding diaryl/α,β-unsaturated/α-hetero) is 3. The normalized spacial score (nSPS) is 35.4. The Bertz CT molecular complexity index is 3220. The molecule has 86 heavy (non-hydrogen) atoms. The second-order valence-corrected chi connectivity index (χ2v) is 26.9. The fourth-order valence-electron chi connectivity index (χ4n) is 18.8. The number of anilines is 1. The molecule has 2 spiro atoms. The van der Waals surface area contributed by atoms with Gasteiger partial charge < -0.3 is 63.5 Å². The van der Waals surface area contributed by atoms with Crippen LogP contribution in [0, 0.1) is 17.8 Å². The van der Waals surface area contributed by atoms with Crippen molar-refractivity contribution in [2.45, 2.75) is 200 Å². The SMILES string of the molecule is C.C.Cl.Cl.NC(=O)c1ccc2c(c1O)C13CCN(CC4CC4)C(C2)C1(O)CCC(=O)C3.NC(=O)c1ccc2c3c1O[C@H]1C(=O)CC[C@@]4(O)[C@@H](C2)N(CC2CC2)CC[C@]314.Nc1ccc2c3c1OC1C(=O)CC[C@@]4(O)[C@@H](C2)N(CC2CC2)CC[C@]314.O.O.O. The average molecular weight is 1240 g/mol. The third kappa shape index (κ3) is 9.02. The van der Waals surface area contributed by atoms with Gasteiger partial charge in [0.1, 0.15) is 23.0 Å². The first-order chi connectivity index (χ1) is 37.9. The minimum atomic E-state index is -1.06. The Hall–Kier alpha value is -4.97. The molecule has 16 N–H and O–H groups in total. The summed E-state index contributed by atoms with van der Waals surface area (Å²) in [7, 11) is 0. The number of fused-ring (bicyclic) bond motifs is 1. The van der Waals surface area contributed by atoms with E-state index in [1.807, 2.05) is 18.2 Å². The maximum absolute atomic E-state index is 12.8. The van der Waals surface area contributed by atoms with Crippen molar-refractivity contribution in [3.63, 3.8) is 0 Å². The molecule has 2 amide bonds. The van der Waals surface area contributed by atoms with Crippen molar-refractivity contribution in [2.75, 3.05) is 45.0 Å². The zero-order valence-electron chi connectivity index (χ0n) is 47.3. The number of primary amides is 2. The molecular formula is C64H90Cl2N6O14. The number of halogens is 2. The van der Waals surface area contributed by atoms with E-state index in [0.29, 0.717) is 86.1 Å². The highest BCUT2D eigenvalue weighted by Crippen LogP contribution is 2.67. The molecule has 4 unspecified atom stereocenters. The van der Waals surface area contributed by atoms with Crippen LogP contribution in [0.25, 0.3) is 0 Å². The number of ether oxygens (including phenoxy) is 2. The second kappa shape index (κ2) is 22.8. The standard InChI is InChI=1S/C21H24N2O4.C21H26N2O4.C20H24N2O3.2CH4.2ClH.3H2O/c22-19(25)13-4-3-12-9-15-21(26)6-5-14(24)18-20(21,16(12)17(13)27-18)7-8-23(15)10-11-1-2-11;22-19(26)15-4-3-13-9-16-21(27)6-5-14(24)10-20(21,17(13)18(15)25)7-8-23(16)11-12-1-2-12;21-13-4-3-12-9-15-20(24)6-5-14(23)18-19(20,16(12)17(13)25-18)7-8-22(15)10-11-1-2-11;;;;;;;/h3-4,11,15,18,26H,1-2,5-10H2,(H2,22,25);3-4,12,16,25,27H,1-2,5-11H2,(H2,22,26);3-4,11,15,18,24H,1-2,5-10,21H2;2*1H4;2*1H;3*1H2/t15-,18+,20+,21-;;15-,18?,19+,20-;;;;;;;/m1.1......./s1. The summed E-state index contributed by atoms with van der Waals surface area (Å²) >= 11 is 0. The van der Waals surface area contributed by atoms with Crippen molar-refractivity contribution in [3.05, 3.63) is 80.9 Å². The van der Waals surface area contributed by atoms with E-state index >= 15 is 0 Å². The van der Waals surface area contributed by atoms with E-state index in [1.54, 1.807) is 12.1 Å². The zero-order chi connectivity index (χ0) is 54.5. The van der Waals surface area contributed by atoms with Crippen molar-refractivity contribution in [3.8, 4) is 17.2 Å². The first-order valence-corrected chi connectivity index (χ1v) is 29.7. The number of phenols is 1. The number of carbonyl (C=O) groups excluding carboxylic acids is 5. The number of carbonyl (C=O) groups is 5. The lowest BCUT2D eigenvalue weighted by Gasteiger charge is -2.63. The van der Waals surface area contributed by atoms with Gasteiger partial charge in [-0.25, -0.2) is 0 Å². The summed E-state index contributed by atoms with van der Waals surface area (Å²) in [6.07, 6.45) is 13.5. The molecule has 5 heterocycles. The van der Waals surface area contributed by atoms with Gasteiger partial charge in [-0.3, -0.25) is 38.7 Å². The molecule has 22 heteroatoms. The molecule has 9 fully saturated rings. The van der Waals surface area contributed by atoms with E-state index in [2.05, 4.69) is 20.8 Å². The van der Waals surface area contributed by atoms with Gasteiger partial charge in [-0.2, -0.15) is 0 Å².